The third-order valence-electron chi connectivity index (χ3n) is 12.1. The van der Waals surface area contributed by atoms with Crippen LogP contribution in [0.3, 0.4) is 0 Å². The second-order valence-corrected chi connectivity index (χ2v) is 17.8. The number of hydrogen-bond donors (Lipinski definition) is 0. The Balaban J connectivity index is 1.21. The molecule has 3 heteroatoms. The second-order valence-electron chi connectivity index (χ2n) is 17.8. The zero-order chi connectivity index (χ0) is 39.8. The molecule has 2 heterocycles. The van der Waals surface area contributed by atoms with Gasteiger partial charge in [-0.05, 0) is 91.7 Å². The van der Waals surface area contributed by atoms with Crippen LogP contribution < -0.4 is 0 Å². The van der Waals surface area contributed by atoms with Crippen LogP contribution in [0.25, 0.3) is 67.0 Å². The molecule has 0 radical (unpaired) electrons. The molecular weight excluding hydrogens is 705 g/mol. The third kappa shape index (κ3) is 5.79. The van der Waals surface area contributed by atoms with Crippen LogP contribution >= 0.6 is 0 Å². The molecule has 10 rings (SSSR count). The van der Waals surface area contributed by atoms with Crippen molar-refractivity contribution in [2.75, 3.05) is 0 Å². The number of nitrogens with zero attached hydrogens (tertiary/aromatic N) is 2. The van der Waals surface area contributed by atoms with Gasteiger partial charge >= 0.3 is 0 Å². The molecule has 0 N–H and O–H groups in total. The van der Waals surface area contributed by atoms with Crippen molar-refractivity contribution < 1.29 is 4.42 Å². The standard InChI is InChI=1S/C55H46N2O/c1-53(2,3)38-22-26-40(27-23-38)55(41-28-24-39(25-29-41)54(4,5)6)46-18-12-10-16-42(46)43-30-20-37(33-47(43)55)49-34-48(56-52(57-49)35-14-8-7-9-15-35)36-21-31-51-45(32-36)44-17-11-13-19-50(44)58-51/h7-34H,1-6H3. The molecule has 0 saturated heterocycles. The normalized spacial score (nSPS) is 13.5. The predicted molar refractivity (Wildman–Crippen MR) is 240 cm³/mol. The fraction of sp³-hybridized carbons (Fsp3) is 0.164. The van der Waals surface area contributed by atoms with Gasteiger partial charge < -0.3 is 4.42 Å². The lowest BCUT2D eigenvalue weighted by Gasteiger charge is -2.35. The summed E-state index contributed by atoms with van der Waals surface area (Å²) in [5.41, 5.74) is 16.2. The number of hydrogen-bond acceptors (Lipinski definition) is 3. The fourth-order valence-corrected chi connectivity index (χ4v) is 9.01. The SMILES string of the molecule is CC(C)(C)c1ccc(C2(c3ccc(C(C)(C)C)cc3)c3ccccc3-c3ccc(-c4cc(-c5ccc6oc7ccccc7c6c5)nc(-c5ccccc5)n4)cc32)cc1. The van der Waals surface area contributed by atoms with Crippen LogP contribution in [0.4, 0.5) is 0 Å². The minimum absolute atomic E-state index is 0.0368. The maximum Gasteiger partial charge on any atom is 0.160 e. The van der Waals surface area contributed by atoms with Crippen molar-refractivity contribution in [2.24, 2.45) is 0 Å². The van der Waals surface area contributed by atoms with Crippen molar-refractivity contribution >= 4 is 21.9 Å². The summed E-state index contributed by atoms with van der Waals surface area (Å²) in [6, 6.07) is 61.7. The van der Waals surface area contributed by atoms with Gasteiger partial charge in [0, 0.05) is 27.5 Å². The third-order valence-corrected chi connectivity index (χ3v) is 12.1. The molecule has 58 heavy (non-hydrogen) atoms. The van der Waals surface area contributed by atoms with Gasteiger partial charge in [-0.2, -0.15) is 0 Å². The number of fused-ring (bicyclic) bond motifs is 6. The smallest absolute Gasteiger partial charge is 0.160 e. The number of furan rings is 1. The van der Waals surface area contributed by atoms with Crippen LogP contribution in [-0.4, -0.2) is 9.97 Å². The minimum atomic E-state index is -0.555. The summed E-state index contributed by atoms with van der Waals surface area (Å²) in [5.74, 6) is 0.691. The number of aromatic nitrogens is 2. The Morgan fingerprint density at radius 2 is 0.948 bits per heavy atom. The largest absolute Gasteiger partial charge is 0.456 e. The summed E-state index contributed by atoms with van der Waals surface area (Å²) in [6.45, 7) is 13.7. The summed E-state index contributed by atoms with van der Waals surface area (Å²) < 4.78 is 6.20. The van der Waals surface area contributed by atoms with Crippen molar-refractivity contribution in [3.63, 3.8) is 0 Å². The fourth-order valence-electron chi connectivity index (χ4n) is 9.01. The molecule has 1 aliphatic rings. The average Bonchev–Trinajstić information content (AvgIpc) is 3.76. The van der Waals surface area contributed by atoms with Gasteiger partial charge in [0.1, 0.15) is 11.2 Å². The van der Waals surface area contributed by atoms with Crippen molar-refractivity contribution in [1.82, 2.24) is 9.97 Å². The number of benzene rings is 7. The molecule has 2 aromatic heterocycles. The maximum atomic E-state index is 6.20. The van der Waals surface area contributed by atoms with Gasteiger partial charge in [0.2, 0.25) is 0 Å². The Hall–Kier alpha value is -6.58. The zero-order valence-corrected chi connectivity index (χ0v) is 34.0. The van der Waals surface area contributed by atoms with E-state index in [1.165, 1.54) is 44.5 Å². The van der Waals surface area contributed by atoms with Crippen LogP contribution in [0, 0.1) is 0 Å². The van der Waals surface area contributed by atoms with Crippen LogP contribution in [0.2, 0.25) is 0 Å². The summed E-state index contributed by atoms with van der Waals surface area (Å²) in [6.07, 6.45) is 0. The first-order valence-corrected chi connectivity index (χ1v) is 20.3. The van der Waals surface area contributed by atoms with Gasteiger partial charge in [-0.15, -0.1) is 0 Å². The highest BCUT2D eigenvalue weighted by atomic mass is 16.3. The summed E-state index contributed by atoms with van der Waals surface area (Å²) in [5, 5.41) is 2.17. The van der Waals surface area contributed by atoms with Crippen molar-refractivity contribution in [1.29, 1.82) is 0 Å². The van der Waals surface area contributed by atoms with E-state index in [0.717, 1.165) is 50.0 Å². The molecule has 0 amide bonds. The number of rotatable bonds is 5. The topological polar surface area (TPSA) is 38.9 Å². The lowest BCUT2D eigenvalue weighted by atomic mass is 9.66. The van der Waals surface area contributed by atoms with E-state index in [4.69, 9.17) is 14.4 Å². The lowest BCUT2D eigenvalue weighted by Crippen LogP contribution is -2.29. The average molecular weight is 751 g/mol. The van der Waals surface area contributed by atoms with Gasteiger partial charge in [0.05, 0.1) is 16.8 Å². The van der Waals surface area contributed by atoms with Gasteiger partial charge in [-0.1, -0.05) is 175 Å². The molecule has 0 saturated carbocycles. The van der Waals surface area contributed by atoms with Crippen LogP contribution in [0.15, 0.2) is 174 Å². The summed E-state index contributed by atoms with van der Waals surface area (Å²) in [4.78, 5) is 10.5. The van der Waals surface area contributed by atoms with Crippen molar-refractivity contribution in [3.05, 3.63) is 203 Å². The van der Waals surface area contributed by atoms with E-state index in [-0.39, 0.29) is 10.8 Å². The number of para-hydroxylation sites is 1. The van der Waals surface area contributed by atoms with E-state index >= 15 is 0 Å². The molecule has 0 spiro atoms. The van der Waals surface area contributed by atoms with E-state index in [1.807, 2.05) is 30.3 Å². The molecule has 0 bridgehead atoms. The van der Waals surface area contributed by atoms with Gasteiger partial charge in [-0.3, -0.25) is 0 Å². The Kier molecular flexibility index (Phi) is 8.18. The Bertz CT molecular complexity index is 2940. The first kappa shape index (κ1) is 35.8. The van der Waals surface area contributed by atoms with Crippen molar-refractivity contribution in [2.45, 2.75) is 57.8 Å². The highest BCUT2D eigenvalue weighted by Gasteiger charge is 2.46. The Morgan fingerprint density at radius 3 is 1.60 bits per heavy atom. The Morgan fingerprint density at radius 1 is 0.414 bits per heavy atom. The van der Waals surface area contributed by atoms with E-state index in [0.29, 0.717) is 5.82 Å². The molecule has 3 nitrogen and oxygen atoms in total. The maximum absolute atomic E-state index is 6.20. The molecule has 0 unspecified atom stereocenters. The van der Waals surface area contributed by atoms with E-state index in [2.05, 4.69) is 181 Å². The second kappa shape index (κ2) is 13.2. The highest BCUT2D eigenvalue weighted by Crippen LogP contribution is 2.57. The van der Waals surface area contributed by atoms with Crippen LogP contribution in [0.5, 0.6) is 0 Å². The quantitative estimate of drug-likeness (QED) is 0.176. The molecule has 282 valence electrons. The van der Waals surface area contributed by atoms with Crippen LogP contribution in [0.1, 0.15) is 74.9 Å². The monoisotopic (exact) mass is 750 g/mol. The molecule has 1 aliphatic carbocycles. The van der Waals surface area contributed by atoms with Crippen LogP contribution in [-0.2, 0) is 16.2 Å². The van der Waals surface area contributed by atoms with E-state index < -0.39 is 5.41 Å². The predicted octanol–water partition coefficient (Wildman–Crippen LogP) is 14.3. The lowest BCUT2D eigenvalue weighted by molar-refractivity contribution is 0.588. The highest BCUT2D eigenvalue weighted by molar-refractivity contribution is 6.06. The van der Waals surface area contributed by atoms with Crippen molar-refractivity contribution in [3.8, 4) is 45.0 Å². The van der Waals surface area contributed by atoms with E-state index in [9.17, 15) is 0 Å². The molecule has 0 aliphatic heterocycles. The molecule has 0 fully saturated rings. The molecular formula is C55H46N2O. The van der Waals surface area contributed by atoms with E-state index in [1.54, 1.807) is 0 Å². The summed E-state index contributed by atoms with van der Waals surface area (Å²) in [7, 11) is 0. The zero-order valence-electron chi connectivity index (χ0n) is 34.0. The first-order chi connectivity index (χ1) is 28.0. The van der Waals surface area contributed by atoms with Gasteiger partial charge in [0.15, 0.2) is 5.82 Å². The van der Waals surface area contributed by atoms with Gasteiger partial charge in [-0.25, -0.2) is 9.97 Å². The molecule has 9 aromatic rings. The Labute approximate surface area is 341 Å². The molecule has 7 aromatic carbocycles. The summed E-state index contributed by atoms with van der Waals surface area (Å²) >= 11 is 0. The minimum Gasteiger partial charge on any atom is -0.456 e. The first-order valence-electron chi connectivity index (χ1n) is 20.3. The van der Waals surface area contributed by atoms with Gasteiger partial charge in [0.25, 0.3) is 0 Å². The molecule has 0 atom stereocenters.